The quantitative estimate of drug-likeness (QED) is 0.909. The first-order valence-electron chi connectivity index (χ1n) is 5.46. The van der Waals surface area contributed by atoms with Gasteiger partial charge in [0.2, 0.25) is 0 Å². The number of aryl methyl sites for hydroxylation is 3. The molecule has 17 heavy (non-hydrogen) atoms. The van der Waals surface area contributed by atoms with Crippen LogP contribution < -0.4 is 5.32 Å². The highest BCUT2D eigenvalue weighted by Gasteiger charge is 2.03. The standard InChI is InChI=1S/C11H17N5.ClH/c1-4-16-11(7-9(2)13-16)12-8-10-5-6-15(3)14-10;/h5-7,12H,4,8H2,1-3H3;1H. The summed E-state index contributed by atoms with van der Waals surface area (Å²) in [5, 5.41) is 12.0. The maximum Gasteiger partial charge on any atom is 0.124 e. The largest absolute Gasteiger partial charge is 0.365 e. The van der Waals surface area contributed by atoms with E-state index in [1.807, 2.05) is 37.0 Å². The molecular weight excluding hydrogens is 238 g/mol. The van der Waals surface area contributed by atoms with Crippen molar-refractivity contribution < 1.29 is 0 Å². The molecule has 2 aromatic rings. The summed E-state index contributed by atoms with van der Waals surface area (Å²) in [4.78, 5) is 0. The van der Waals surface area contributed by atoms with Crippen LogP contribution in [0.2, 0.25) is 0 Å². The number of hydrogen-bond acceptors (Lipinski definition) is 3. The molecule has 0 bridgehead atoms. The number of anilines is 1. The number of aromatic nitrogens is 4. The van der Waals surface area contributed by atoms with Gasteiger partial charge in [-0.05, 0) is 19.9 Å². The maximum atomic E-state index is 4.38. The molecule has 0 aromatic carbocycles. The van der Waals surface area contributed by atoms with Gasteiger partial charge in [-0.1, -0.05) is 0 Å². The third-order valence-corrected chi connectivity index (χ3v) is 2.42. The molecule has 6 heteroatoms. The van der Waals surface area contributed by atoms with Gasteiger partial charge >= 0.3 is 0 Å². The fourth-order valence-electron chi connectivity index (χ4n) is 1.67. The van der Waals surface area contributed by atoms with E-state index in [2.05, 4.69) is 22.4 Å². The van der Waals surface area contributed by atoms with Gasteiger partial charge in [0, 0.05) is 25.9 Å². The summed E-state index contributed by atoms with van der Waals surface area (Å²) in [5.41, 5.74) is 2.06. The minimum atomic E-state index is 0. The molecule has 2 rings (SSSR count). The van der Waals surface area contributed by atoms with E-state index in [4.69, 9.17) is 0 Å². The molecule has 0 radical (unpaired) electrons. The minimum absolute atomic E-state index is 0. The van der Waals surface area contributed by atoms with E-state index < -0.39 is 0 Å². The van der Waals surface area contributed by atoms with Gasteiger partial charge in [-0.15, -0.1) is 12.4 Å². The van der Waals surface area contributed by atoms with Crippen LogP contribution in [0.15, 0.2) is 18.3 Å². The molecule has 0 unspecified atom stereocenters. The number of halogens is 1. The van der Waals surface area contributed by atoms with Crippen LogP contribution in [0.4, 0.5) is 5.82 Å². The lowest BCUT2D eigenvalue weighted by Crippen LogP contribution is -2.07. The van der Waals surface area contributed by atoms with Crippen molar-refractivity contribution in [1.29, 1.82) is 0 Å². The van der Waals surface area contributed by atoms with Crippen molar-refractivity contribution in [2.24, 2.45) is 7.05 Å². The molecule has 0 spiro atoms. The summed E-state index contributed by atoms with van der Waals surface area (Å²) in [6.45, 7) is 5.68. The van der Waals surface area contributed by atoms with E-state index in [1.54, 1.807) is 4.68 Å². The van der Waals surface area contributed by atoms with Gasteiger partial charge < -0.3 is 5.32 Å². The van der Waals surface area contributed by atoms with Gasteiger partial charge in [0.1, 0.15) is 5.82 Å². The maximum absolute atomic E-state index is 4.38. The highest BCUT2D eigenvalue weighted by atomic mass is 35.5. The first-order chi connectivity index (χ1) is 7.69. The average molecular weight is 256 g/mol. The average Bonchev–Trinajstić information content (AvgIpc) is 2.81. The fraction of sp³-hybridized carbons (Fsp3) is 0.455. The van der Waals surface area contributed by atoms with Crippen molar-refractivity contribution in [2.75, 3.05) is 5.32 Å². The Hall–Kier alpha value is -1.49. The predicted octanol–water partition coefficient (Wildman–Crippen LogP) is 1.98. The SMILES string of the molecule is CCn1nc(C)cc1NCc1ccn(C)n1.Cl. The second kappa shape index (κ2) is 5.72. The molecule has 1 N–H and O–H groups in total. The smallest absolute Gasteiger partial charge is 0.124 e. The predicted molar refractivity (Wildman–Crippen MR) is 70.4 cm³/mol. The van der Waals surface area contributed by atoms with Crippen molar-refractivity contribution in [3.05, 3.63) is 29.7 Å². The molecule has 0 aliphatic rings. The van der Waals surface area contributed by atoms with Crippen LogP contribution in [-0.2, 0) is 20.1 Å². The van der Waals surface area contributed by atoms with Gasteiger partial charge in [0.05, 0.1) is 17.9 Å². The van der Waals surface area contributed by atoms with Gasteiger partial charge in [0.25, 0.3) is 0 Å². The topological polar surface area (TPSA) is 47.7 Å². The molecular formula is C11H18ClN5. The second-order valence-corrected chi connectivity index (χ2v) is 3.82. The Labute approximate surface area is 107 Å². The molecule has 94 valence electrons. The number of nitrogens with zero attached hydrogens (tertiary/aromatic N) is 4. The lowest BCUT2D eigenvalue weighted by Gasteiger charge is -2.05. The van der Waals surface area contributed by atoms with Crippen LogP contribution >= 0.6 is 12.4 Å². The number of rotatable bonds is 4. The Morgan fingerprint density at radius 1 is 1.35 bits per heavy atom. The van der Waals surface area contributed by atoms with Gasteiger partial charge in [-0.3, -0.25) is 4.68 Å². The number of hydrogen-bond donors (Lipinski definition) is 1. The summed E-state index contributed by atoms with van der Waals surface area (Å²) in [7, 11) is 1.92. The van der Waals surface area contributed by atoms with Crippen LogP contribution in [0.25, 0.3) is 0 Å². The minimum Gasteiger partial charge on any atom is -0.365 e. The molecule has 0 fully saturated rings. The van der Waals surface area contributed by atoms with E-state index in [0.29, 0.717) is 0 Å². The van der Waals surface area contributed by atoms with E-state index in [0.717, 1.165) is 30.3 Å². The van der Waals surface area contributed by atoms with Crippen molar-refractivity contribution in [2.45, 2.75) is 26.9 Å². The zero-order valence-electron chi connectivity index (χ0n) is 10.3. The Bertz CT molecular complexity index is 474. The Balaban J connectivity index is 0.00000144. The summed E-state index contributed by atoms with van der Waals surface area (Å²) >= 11 is 0. The Kier molecular flexibility index (Phi) is 4.57. The van der Waals surface area contributed by atoms with Crippen LogP contribution in [-0.4, -0.2) is 19.6 Å². The summed E-state index contributed by atoms with van der Waals surface area (Å²) < 4.78 is 3.76. The molecule has 5 nitrogen and oxygen atoms in total. The first kappa shape index (κ1) is 13.6. The monoisotopic (exact) mass is 255 g/mol. The normalized spacial score (nSPS) is 10.1. The van der Waals surface area contributed by atoms with E-state index in [9.17, 15) is 0 Å². The molecule has 0 aliphatic heterocycles. The Morgan fingerprint density at radius 3 is 2.71 bits per heavy atom. The lowest BCUT2D eigenvalue weighted by atomic mass is 10.4. The highest BCUT2D eigenvalue weighted by molar-refractivity contribution is 5.85. The van der Waals surface area contributed by atoms with Crippen LogP contribution in [0.1, 0.15) is 18.3 Å². The van der Waals surface area contributed by atoms with Crippen LogP contribution in [0.3, 0.4) is 0 Å². The molecule has 2 aromatic heterocycles. The highest BCUT2D eigenvalue weighted by Crippen LogP contribution is 2.10. The van der Waals surface area contributed by atoms with Crippen LogP contribution in [0, 0.1) is 6.92 Å². The zero-order valence-corrected chi connectivity index (χ0v) is 11.2. The van der Waals surface area contributed by atoms with Gasteiger partial charge in [0.15, 0.2) is 0 Å². The lowest BCUT2D eigenvalue weighted by molar-refractivity contribution is 0.656. The van der Waals surface area contributed by atoms with Crippen molar-refractivity contribution in [3.8, 4) is 0 Å². The van der Waals surface area contributed by atoms with Crippen molar-refractivity contribution in [3.63, 3.8) is 0 Å². The molecule has 2 heterocycles. The molecule has 0 amide bonds. The van der Waals surface area contributed by atoms with Gasteiger partial charge in [-0.2, -0.15) is 10.2 Å². The summed E-state index contributed by atoms with van der Waals surface area (Å²) in [5.74, 6) is 1.05. The number of nitrogens with one attached hydrogen (secondary N) is 1. The first-order valence-corrected chi connectivity index (χ1v) is 5.46. The fourth-order valence-corrected chi connectivity index (χ4v) is 1.67. The summed E-state index contributed by atoms with van der Waals surface area (Å²) in [6, 6.07) is 4.05. The van der Waals surface area contributed by atoms with Crippen molar-refractivity contribution >= 4 is 18.2 Å². The van der Waals surface area contributed by atoms with E-state index in [-0.39, 0.29) is 12.4 Å². The Morgan fingerprint density at radius 2 is 2.12 bits per heavy atom. The zero-order chi connectivity index (χ0) is 11.5. The molecule has 0 aliphatic carbocycles. The molecule has 0 atom stereocenters. The third-order valence-electron chi connectivity index (χ3n) is 2.42. The summed E-state index contributed by atoms with van der Waals surface area (Å²) in [6.07, 6.45) is 1.94. The van der Waals surface area contributed by atoms with E-state index >= 15 is 0 Å². The van der Waals surface area contributed by atoms with Crippen LogP contribution in [0.5, 0.6) is 0 Å². The van der Waals surface area contributed by atoms with Crippen molar-refractivity contribution in [1.82, 2.24) is 19.6 Å². The van der Waals surface area contributed by atoms with Gasteiger partial charge in [-0.25, -0.2) is 4.68 Å². The second-order valence-electron chi connectivity index (χ2n) is 3.82. The molecule has 0 saturated carbocycles. The molecule has 0 saturated heterocycles. The van der Waals surface area contributed by atoms with E-state index in [1.165, 1.54) is 0 Å². The third kappa shape index (κ3) is 3.23.